The van der Waals surface area contributed by atoms with Gasteiger partial charge in [-0.05, 0) is 41.8 Å². The molecule has 2 N–H and O–H groups in total. The van der Waals surface area contributed by atoms with E-state index in [1.165, 1.54) is 12.7 Å². The fourth-order valence-electron chi connectivity index (χ4n) is 3.02. The van der Waals surface area contributed by atoms with Gasteiger partial charge in [0.1, 0.15) is 17.2 Å². The van der Waals surface area contributed by atoms with Crippen LogP contribution in [-0.4, -0.2) is 18.0 Å². The largest absolute Gasteiger partial charge is 0.496 e. The van der Waals surface area contributed by atoms with Gasteiger partial charge in [-0.2, -0.15) is 0 Å². The van der Waals surface area contributed by atoms with E-state index in [4.69, 9.17) is 15.2 Å². The normalized spacial score (nSPS) is 12.2. The lowest BCUT2D eigenvalue weighted by molar-refractivity contribution is 0.0997. The topological polar surface area (TPSA) is 74.4 Å². The fourth-order valence-corrected chi connectivity index (χ4v) is 3.02. The standard InChI is InChI=1S/C20H16N2O3/c1-24-19-11-17-15(10-16(19)20(21)23)18(7-8-22-17)25-14-6-5-12-3-2-4-13(12)9-14/h2,4-11H,3H2,1H3,(H2,21,23). The number of rotatable bonds is 4. The quantitative estimate of drug-likeness (QED) is 0.790. The Morgan fingerprint density at radius 2 is 2.04 bits per heavy atom. The summed E-state index contributed by atoms with van der Waals surface area (Å²) < 4.78 is 11.3. The Bertz CT molecular complexity index is 1020. The van der Waals surface area contributed by atoms with Crippen molar-refractivity contribution in [2.75, 3.05) is 7.11 Å². The van der Waals surface area contributed by atoms with E-state index in [0.717, 1.165) is 17.7 Å². The molecule has 0 radical (unpaired) electrons. The average molecular weight is 332 g/mol. The Kier molecular flexibility index (Phi) is 3.61. The van der Waals surface area contributed by atoms with Gasteiger partial charge in [0.15, 0.2) is 0 Å². The maximum absolute atomic E-state index is 11.7. The number of primary amides is 1. The number of hydrogen-bond acceptors (Lipinski definition) is 4. The molecule has 3 aromatic rings. The summed E-state index contributed by atoms with van der Waals surface area (Å²) in [5, 5.41) is 0.702. The zero-order valence-electron chi connectivity index (χ0n) is 13.7. The number of carbonyl (C=O) groups excluding carboxylic acids is 1. The summed E-state index contributed by atoms with van der Waals surface area (Å²) in [5.41, 5.74) is 8.87. The molecule has 0 spiro atoms. The van der Waals surface area contributed by atoms with Crippen molar-refractivity contribution in [1.29, 1.82) is 0 Å². The lowest BCUT2D eigenvalue weighted by Gasteiger charge is -2.12. The van der Waals surface area contributed by atoms with E-state index in [1.54, 1.807) is 24.4 Å². The molecule has 1 amide bonds. The van der Waals surface area contributed by atoms with Crippen LogP contribution >= 0.6 is 0 Å². The molecule has 1 aromatic heterocycles. The number of aromatic nitrogens is 1. The number of pyridine rings is 1. The summed E-state index contributed by atoms with van der Waals surface area (Å²) in [6, 6.07) is 11.1. The summed E-state index contributed by atoms with van der Waals surface area (Å²) >= 11 is 0. The van der Waals surface area contributed by atoms with Crippen LogP contribution in [0.15, 0.2) is 48.7 Å². The van der Waals surface area contributed by atoms with Crippen molar-refractivity contribution in [2.24, 2.45) is 5.73 Å². The summed E-state index contributed by atoms with van der Waals surface area (Å²) in [6.07, 6.45) is 6.83. The second-order valence-corrected chi connectivity index (χ2v) is 5.81. The summed E-state index contributed by atoms with van der Waals surface area (Å²) in [4.78, 5) is 16.0. The lowest BCUT2D eigenvalue weighted by Crippen LogP contribution is -2.12. The van der Waals surface area contributed by atoms with E-state index >= 15 is 0 Å². The molecule has 25 heavy (non-hydrogen) atoms. The number of amides is 1. The molecule has 0 saturated heterocycles. The summed E-state index contributed by atoms with van der Waals surface area (Å²) in [6.45, 7) is 0. The van der Waals surface area contributed by atoms with E-state index in [1.807, 2.05) is 12.1 Å². The summed E-state index contributed by atoms with van der Waals surface area (Å²) in [7, 11) is 1.49. The highest BCUT2D eigenvalue weighted by Crippen LogP contribution is 2.34. The Hall–Kier alpha value is -3.34. The van der Waals surface area contributed by atoms with Crippen LogP contribution in [0.1, 0.15) is 21.5 Å². The number of carbonyl (C=O) groups is 1. The van der Waals surface area contributed by atoms with Crippen LogP contribution in [-0.2, 0) is 6.42 Å². The van der Waals surface area contributed by atoms with E-state index in [0.29, 0.717) is 28.0 Å². The number of fused-ring (bicyclic) bond motifs is 2. The fraction of sp³-hybridized carbons (Fsp3) is 0.100. The second kappa shape index (κ2) is 5.94. The van der Waals surface area contributed by atoms with Gasteiger partial charge in [-0.1, -0.05) is 18.2 Å². The molecule has 5 nitrogen and oxygen atoms in total. The van der Waals surface area contributed by atoms with Gasteiger partial charge in [-0.15, -0.1) is 0 Å². The molecular formula is C20H16N2O3. The number of benzene rings is 2. The molecule has 1 heterocycles. The smallest absolute Gasteiger partial charge is 0.252 e. The third kappa shape index (κ3) is 2.70. The zero-order valence-corrected chi connectivity index (χ0v) is 13.7. The lowest BCUT2D eigenvalue weighted by atomic mass is 10.1. The van der Waals surface area contributed by atoms with Gasteiger partial charge in [0, 0.05) is 17.6 Å². The molecule has 0 aliphatic heterocycles. The van der Waals surface area contributed by atoms with Gasteiger partial charge < -0.3 is 15.2 Å². The Balaban J connectivity index is 1.80. The van der Waals surface area contributed by atoms with Gasteiger partial charge in [0.2, 0.25) is 0 Å². The molecule has 0 bridgehead atoms. The number of ether oxygens (including phenoxy) is 2. The Morgan fingerprint density at radius 3 is 2.84 bits per heavy atom. The van der Waals surface area contributed by atoms with Crippen molar-refractivity contribution in [2.45, 2.75) is 6.42 Å². The van der Waals surface area contributed by atoms with Gasteiger partial charge in [0.05, 0.1) is 18.2 Å². The molecule has 124 valence electrons. The molecule has 1 aliphatic rings. The van der Waals surface area contributed by atoms with Crippen LogP contribution in [0.3, 0.4) is 0 Å². The third-order valence-electron chi connectivity index (χ3n) is 4.27. The van der Waals surface area contributed by atoms with Crippen LogP contribution < -0.4 is 15.2 Å². The molecule has 0 atom stereocenters. The van der Waals surface area contributed by atoms with E-state index < -0.39 is 5.91 Å². The number of methoxy groups -OCH3 is 1. The maximum atomic E-state index is 11.7. The number of nitrogens with zero attached hydrogens (tertiary/aromatic N) is 1. The van der Waals surface area contributed by atoms with Crippen LogP contribution in [0.2, 0.25) is 0 Å². The molecule has 0 saturated carbocycles. The highest BCUT2D eigenvalue weighted by Gasteiger charge is 2.15. The molecule has 0 fully saturated rings. The zero-order chi connectivity index (χ0) is 17.4. The van der Waals surface area contributed by atoms with Crippen LogP contribution in [0.25, 0.3) is 17.0 Å². The van der Waals surface area contributed by atoms with Crippen molar-refractivity contribution < 1.29 is 14.3 Å². The minimum Gasteiger partial charge on any atom is -0.496 e. The first-order valence-corrected chi connectivity index (χ1v) is 7.89. The first-order valence-electron chi connectivity index (χ1n) is 7.89. The Labute approximate surface area is 144 Å². The summed E-state index contributed by atoms with van der Waals surface area (Å²) in [5.74, 6) is 1.18. The molecule has 2 aromatic carbocycles. The molecule has 1 aliphatic carbocycles. The van der Waals surface area contributed by atoms with E-state index in [-0.39, 0.29) is 0 Å². The third-order valence-corrected chi connectivity index (χ3v) is 4.27. The number of hydrogen-bond donors (Lipinski definition) is 1. The molecule has 4 rings (SSSR count). The molecule has 0 unspecified atom stereocenters. The van der Waals surface area contributed by atoms with Crippen LogP contribution in [0.4, 0.5) is 0 Å². The van der Waals surface area contributed by atoms with Crippen molar-refractivity contribution in [3.63, 3.8) is 0 Å². The van der Waals surface area contributed by atoms with Crippen molar-refractivity contribution in [3.8, 4) is 17.2 Å². The highest BCUT2D eigenvalue weighted by molar-refractivity contribution is 6.01. The highest BCUT2D eigenvalue weighted by atomic mass is 16.5. The van der Waals surface area contributed by atoms with Crippen molar-refractivity contribution in [3.05, 3.63) is 65.4 Å². The van der Waals surface area contributed by atoms with Crippen LogP contribution in [0.5, 0.6) is 17.2 Å². The van der Waals surface area contributed by atoms with Crippen molar-refractivity contribution >= 4 is 22.9 Å². The first-order chi connectivity index (χ1) is 12.2. The van der Waals surface area contributed by atoms with E-state index in [9.17, 15) is 4.79 Å². The number of allylic oxidation sites excluding steroid dienone is 1. The number of nitrogens with two attached hydrogens (primary N) is 1. The maximum Gasteiger partial charge on any atom is 0.252 e. The van der Waals surface area contributed by atoms with Gasteiger partial charge in [-0.3, -0.25) is 9.78 Å². The minimum atomic E-state index is -0.559. The first kappa shape index (κ1) is 15.2. The van der Waals surface area contributed by atoms with Gasteiger partial charge in [-0.25, -0.2) is 0 Å². The monoisotopic (exact) mass is 332 g/mol. The second-order valence-electron chi connectivity index (χ2n) is 5.81. The minimum absolute atomic E-state index is 0.296. The Morgan fingerprint density at radius 1 is 1.16 bits per heavy atom. The van der Waals surface area contributed by atoms with Gasteiger partial charge >= 0.3 is 0 Å². The van der Waals surface area contributed by atoms with Gasteiger partial charge in [0.25, 0.3) is 5.91 Å². The molecular weight excluding hydrogens is 316 g/mol. The molecule has 5 heteroatoms. The van der Waals surface area contributed by atoms with Crippen molar-refractivity contribution in [1.82, 2.24) is 4.98 Å². The van der Waals surface area contributed by atoms with Crippen LogP contribution in [0, 0.1) is 0 Å². The average Bonchev–Trinajstić information content (AvgIpc) is 3.08. The SMILES string of the molecule is COc1cc2nccc(Oc3ccc4c(c3)C=CC4)c2cc1C(N)=O. The van der Waals surface area contributed by atoms with E-state index in [2.05, 4.69) is 23.2 Å². The predicted molar refractivity (Wildman–Crippen MR) is 96.1 cm³/mol. The predicted octanol–water partition coefficient (Wildman–Crippen LogP) is 3.70.